The van der Waals surface area contributed by atoms with E-state index in [1.54, 1.807) is 0 Å². The molecule has 0 aliphatic heterocycles. The van der Waals surface area contributed by atoms with Gasteiger partial charge in [-0.2, -0.15) is 11.8 Å². The van der Waals surface area contributed by atoms with E-state index in [9.17, 15) is 4.79 Å². The summed E-state index contributed by atoms with van der Waals surface area (Å²) in [6.45, 7) is 0.0666. The fourth-order valence-corrected chi connectivity index (χ4v) is 1.56. The van der Waals surface area contributed by atoms with Crippen LogP contribution >= 0.6 is 11.8 Å². The van der Waals surface area contributed by atoms with E-state index in [0.29, 0.717) is 12.2 Å². The molecular formula is C13H15NO2S. The van der Waals surface area contributed by atoms with Crippen LogP contribution in [-0.4, -0.2) is 29.6 Å². The lowest BCUT2D eigenvalue weighted by atomic mass is 10.2. The van der Waals surface area contributed by atoms with Crippen molar-refractivity contribution in [2.24, 2.45) is 0 Å². The first-order chi connectivity index (χ1) is 8.26. The van der Waals surface area contributed by atoms with Crippen LogP contribution in [0.4, 0.5) is 5.69 Å². The summed E-state index contributed by atoms with van der Waals surface area (Å²) in [6, 6.07) is 7.37. The first-order valence-electron chi connectivity index (χ1n) is 5.25. The van der Waals surface area contributed by atoms with Crippen LogP contribution in [0, 0.1) is 11.8 Å². The Kier molecular flexibility index (Phi) is 6.23. The Morgan fingerprint density at radius 2 is 2.35 bits per heavy atom. The molecule has 3 nitrogen and oxygen atoms in total. The van der Waals surface area contributed by atoms with Gasteiger partial charge in [-0.1, -0.05) is 17.9 Å². The summed E-state index contributed by atoms with van der Waals surface area (Å²) in [5.41, 5.74) is 1.58. The fraction of sp³-hybridized carbons (Fsp3) is 0.308. The maximum Gasteiger partial charge on any atom is 0.234 e. The monoisotopic (exact) mass is 249 g/mol. The Bertz CT molecular complexity index is 435. The molecule has 2 N–H and O–H groups in total. The molecule has 0 bridgehead atoms. The van der Waals surface area contributed by atoms with Gasteiger partial charge in [0.05, 0.1) is 12.4 Å². The fourth-order valence-electron chi connectivity index (χ4n) is 1.22. The summed E-state index contributed by atoms with van der Waals surface area (Å²) in [4.78, 5) is 11.4. The number of anilines is 1. The molecule has 0 aliphatic carbocycles. The minimum Gasteiger partial charge on any atom is -0.395 e. The Labute approximate surface area is 106 Å². The molecule has 0 aromatic heterocycles. The predicted molar refractivity (Wildman–Crippen MR) is 72.0 cm³/mol. The molecule has 0 fully saturated rings. The van der Waals surface area contributed by atoms with Crippen LogP contribution in [0.5, 0.6) is 0 Å². The van der Waals surface area contributed by atoms with Gasteiger partial charge in [0.15, 0.2) is 0 Å². The first kappa shape index (κ1) is 13.6. The third-order valence-corrected chi connectivity index (χ3v) is 2.44. The quantitative estimate of drug-likeness (QED) is 0.799. The van der Waals surface area contributed by atoms with Crippen molar-refractivity contribution >= 4 is 23.4 Å². The van der Waals surface area contributed by atoms with Crippen LogP contribution in [0.25, 0.3) is 0 Å². The molecule has 0 spiro atoms. The summed E-state index contributed by atoms with van der Waals surface area (Å²) >= 11 is 1.48. The van der Waals surface area contributed by atoms with Gasteiger partial charge in [-0.15, -0.1) is 0 Å². The standard InChI is InChI=1S/C13H15NO2S/c1-17-10-13(16)14-12-7-4-6-11(9-12)5-2-3-8-15/h4,6-7,9,15H,3,8,10H2,1H3,(H,14,16). The summed E-state index contributed by atoms with van der Waals surface area (Å²) < 4.78 is 0. The molecule has 1 aromatic rings. The molecule has 1 amide bonds. The number of hydrogen-bond donors (Lipinski definition) is 2. The van der Waals surface area contributed by atoms with E-state index in [1.807, 2.05) is 30.5 Å². The average molecular weight is 249 g/mol. The minimum absolute atomic E-state index is 0.0158. The van der Waals surface area contributed by atoms with Crippen molar-refractivity contribution in [1.82, 2.24) is 0 Å². The third kappa shape index (κ3) is 5.43. The summed E-state index contributed by atoms with van der Waals surface area (Å²) in [7, 11) is 0. The molecule has 0 saturated heterocycles. The molecule has 1 aromatic carbocycles. The van der Waals surface area contributed by atoms with E-state index in [2.05, 4.69) is 17.2 Å². The van der Waals surface area contributed by atoms with Gasteiger partial charge in [0.1, 0.15) is 0 Å². The van der Waals surface area contributed by atoms with Gasteiger partial charge >= 0.3 is 0 Å². The van der Waals surface area contributed by atoms with Crippen molar-refractivity contribution in [2.45, 2.75) is 6.42 Å². The normalized spacial score (nSPS) is 9.29. The smallest absolute Gasteiger partial charge is 0.234 e. The first-order valence-corrected chi connectivity index (χ1v) is 6.64. The van der Waals surface area contributed by atoms with Gasteiger partial charge < -0.3 is 10.4 Å². The summed E-state index contributed by atoms with van der Waals surface area (Å²) in [6.07, 6.45) is 2.35. The number of carbonyl (C=O) groups is 1. The topological polar surface area (TPSA) is 49.3 Å². The molecule has 0 atom stereocenters. The number of rotatable bonds is 4. The number of aliphatic hydroxyl groups is 1. The van der Waals surface area contributed by atoms with Crippen LogP contribution in [-0.2, 0) is 4.79 Å². The number of amides is 1. The minimum atomic E-state index is -0.0158. The van der Waals surface area contributed by atoms with Gasteiger partial charge in [0.25, 0.3) is 0 Å². The highest BCUT2D eigenvalue weighted by Gasteiger charge is 2.00. The average Bonchev–Trinajstić information content (AvgIpc) is 2.30. The van der Waals surface area contributed by atoms with E-state index in [4.69, 9.17) is 5.11 Å². The lowest BCUT2D eigenvalue weighted by molar-refractivity contribution is -0.113. The van der Waals surface area contributed by atoms with Crippen LogP contribution in [0.2, 0.25) is 0 Å². The lowest BCUT2D eigenvalue weighted by Crippen LogP contribution is -2.13. The van der Waals surface area contributed by atoms with Crippen molar-refractivity contribution in [1.29, 1.82) is 0 Å². The molecule has 0 unspecified atom stereocenters. The van der Waals surface area contributed by atoms with Gasteiger partial charge in [-0.3, -0.25) is 4.79 Å². The number of hydrogen-bond acceptors (Lipinski definition) is 3. The van der Waals surface area contributed by atoms with Crippen molar-refractivity contribution in [2.75, 3.05) is 23.9 Å². The van der Waals surface area contributed by atoms with Crippen LogP contribution in [0.3, 0.4) is 0 Å². The molecule has 1 rings (SSSR count). The third-order valence-electron chi connectivity index (χ3n) is 1.89. The van der Waals surface area contributed by atoms with Crippen molar-refractivity contribution in [3.63, 3.8) is 0 Å². The van der Waals surface area contributed by atoms with Gasteiger partial charge in [-0.25, -0.2) is 0 Å². The summed E-state index contributed by atoms with van der Waals surface area (Å²) in [5.74, 6) is 6.19. The molecule has 0 aliphatic rings. The van der Waals surface area contributed by atoms with Crippen LogP contribution in [0.15, 0.2) is 24.3 Å². The number of aliphatic hydroxyl groups excluding tert-OH is 1. The van der Waals surface area contributed by atoms with Gasteiger partial charge in [-0.05, 0) is 24.5 Å². The van der Waals surface area contributed by atoms with Crippen molar-refractivity contribution in [3.05, 3.63) is 29.8 Å². The van der Waals surface area contributed by atoms with Crippen molar-refractivity contribution in [3.8, 4) is 11.8 Å². The molecule has 0 heterocycles. The Balaban J connectivity index is 2.66. The van der Waals surface area contributed by atoms with Gasteiger partial charge in [0.2, 0.25) is 5.91 Å². The predicted octanol–water partition coefficient (Wildman–Crippen LogP) is 1.72. The largest absolute Gasteiger partial charge is 0.395 e. The molecule has 90 valence electrons. The maximum absolute atomic E-state index is 11.4. The highest BCUT2D eigenvalue weighted by Crippen LogP contribution is 2.10. The molecule has 17 heavy (non-hydrogen) atoms. The van der Waals surface area contributed by atoms with Crippen LogP contribution in [0.1, 0.15) is 12.0 Å². The van der Waals surface area contributed by atoms with E-state index in [0.717, 1.165) is 11.3 Å². The molecule has 4 heteroatoms. The second-order valence-corrected chi connectivity index (χ2v) is 4.20. The highest BCUT2D eigenvalue weighted by atomic mass is 32.2. The van der Waals surface area contributed by atoms with Crippen molar-refractivity contribution < 1.29 is 9.90 Å². The Morgan fingerprint density at radius 3 is 3.06 bits per heavy atom. The number of carbonyl (C=O) groups excluding carboxylic acids is 1. The molecule has 0 saturated carbocycles. The molecule has 0 radical (unpaired) electrons. The lowest BCUT2D eigenvalue weighted by Gasteiger charge is -2.03. The van der Waals surface area contributed by atoms with E-state index in [-0.39, 0.29) is 12.5 Å². The zero-order chi connectivity index (χ0) is 12.5. The van der Waals surface area contributed by atoms with Crippen LogP contribution < -0.4 is 5.32 Å². The second kappa shape index (κ2) is 7.77. The maximum atomic E-state index is 11.4. The Hall–Kier alpha value is -1.44. The highest BCUT2D eigenvalue weighted by molar-refractivity contribution is 7.99. The second-order valence-electron chi connectivity index (χ2n) is 3.34. The van der Waals surface area contributed by atoms with E-state index in [1.165, 1.54) is 11.8 Å². The number of thioether (sulfide) groups is 1. The number of nitrogens with one attached hydrogen (secondary N) is 1. The molecular weight excluding hydrogens is 234 g/mol. The van der Waals surface area contributed by atoms with Gasteiger partial charge in [0, 0.05) is 17.7 Å². The SMILES string of the molecule is CSCC(=O)Nc1cccc(C#CCCO)c1. The van der Waals surface area contributed by atoms with E-state index >= 15 is 0 Å². The Morgan fingerprint density at radius 1 is 1.53 bits per heavy atom. The zero-order valence-electron chi connectivity index (χ0n) is 9.69. The number of benzene rings is 1. The summed E-state index contributed by atoms with van der Waals surface area (Å²) in [5, 5.41) is 11.4. The zero-order valence-corrected chi connectivity index (χ0v) is 10.5. The van der Waals surface area contributed by atoms with E-state index < -0.39 is 0 Å².